The lowest BCUT2D eigenvalue weighted by Crippen LogP contribution is -2.33. The number of nitrogens with one attached hydrogen (secondary N) is 1. The maximum atomic E-state index is 13.2. The van der Waals surface area contributed by atoms with Crippen molar-refractivity contribution in [3.8, 4) is 0 Å². The molecular weight excluding hydrogens is 572 g/mol. The van der Waals surface area contributed by atoms with Crippen molar-refractivity contribution in [2.45, 2.75) is 58.8 Å². The van der Waals surface area contributed by atoms with Crippen LogP contribution in [0.3, 0.4) is 0 Å². The average molecular weight is 615 g/mol. The highest BCUT2D eigenvalue weighted by Crippen LogP contribution is 2.20. The second kappa shape index (κ2) is 16.7. The van der Waals surface area contributed by atoms with Crippen LogP contribution in [0, 0.1) is 0 Å². The van der Waals surface area contributed by atoms with Gasteiger partial charge >= 0.3 is 12.1 Å². The number of carbonyl (C=O) groups is 2. The van der Waals surface area contributed by atoms with E-state index >= 15 is 0 Å². The number of carboxylic acid groups (broad SMARTS) is 1. The largest absolute Gasteiger partial charge is 0.480 e. The van der Waals surface area contributed by atoms with Crippen molar-refractivity contribution in [3.63, 3.8) is 0 Å². The third-order valence-corrected chi connectivity index (χ3v) is 8.39. The van der Waals surface area contributed by atoms with E-state index in [1.165, 1.54) is 16.6 Å². The van der Waals surface area contributed by atoms with Crippen molar-refractivity contribution in [1.29, 1.82) is 0 Å². The summed E-state index contributed by atoms with van der Waals surface area (Å²) < 4.78 is 35.6. The van der Waals surface area contributed by atoms with Crippen LogP contribution < -0.4 is 4.72 Å². The Labute approximate surface area is 253 Å². The van der Waals surface area contributed by atoms with Gasteiger partial charge in [0.05, 0.1) is 18.3 Å². The number of ether oxygens (including phenoxy) is 1. The molecule has 0 saturated heterocycles. The zero-order valence-corrected chi connectivity index (χ0v) is 25.9. The Morgan fingerprint density at radius 1 is 1.02 bits per heavy atom. The molecule has 0 aliphatic rings. The Kier molecular flexibility index (Phi) is 13.1. The predicted molar refractivity (Wildman–Crippen MR) is 163 cm³/mol. The van der Waals surface area contributed by atoms with Crippen molar-refractivity contribution < 1.29 is 27.9 Å². The van der Waals surface area contributed by atoms with E-state index in [0.717, 1.165) is 24.2 Å². The van der Waals surface area contributed by atoms with Gasteiger partial charge < -0.3 is 19.6 Å². The molecular formula is C30H42N6O6S. The molecule has 13 heteroatoms. The fourth-order valence-corrected chi connectivity index (χ4v) is 5.79. The summed E-state index contributed by atoms with van der Waals surface area (Å²) in [4.78, 5) is 32.3. The molecule has 0 aliphatic carbocycles. The van der Waals surface area contributed by atoms with E-state index in [1.807, 2.05) is 74.5 Å². The number of amides is 1. The van der Waals surface area contributed by atoms with Crippen LogP contribution in [0.5, 0.6) is 0 Å². The van der Waals surface area contributed by atoms with Gasteiger partial charge in [-0.1, -0.05) is 74.5 Å². The minimum absolute atomic E-state index is 0.0655. The van der Waals surface area contributed by atoms with Gasteiger partial charge in [0.25, 0.3) is 0 Å². The van der Waals surface area contributed by atoms with Crippen molar-refractivity contribution in [2.75, 3.05) is 32.4 Å². The first kappa shape index (κ1) is 33.7. The predicted octanol–water partition coefficient (Wildman–Crippen LogP) is 3.46. The fourth-order valence-electron chi connectivity index (χ4n) is 4.51. The third-order valence-electron chi connectivity index (χ3n) is 6.92. The van der Waals surface area contributed by atoms with Crippen LogP contribution in [0.4, 0.5) is 4.79 Å². The number of carboxylic acids is 1. The highest BCUT2D eigenvalue weighted by Gasteiger charge is 2.26. The monoisotopic (exact) mass is 614 g/mol. The summed E-state index contributed by atoms with van der Waals surface area (Å²) in [5.41, 5.74) is 1.84. The van der Waals surface area contributed by atoms with Gasteiger partial charge in [-0.05, 0) is 50.0 Å². The molecule has 0 aliphatic heterocycles. The highest BCUT2D eigenvalue weighted by atomic mass is 32.2. The number of aryl methyl sites for hydroxylation is 1. The van der Waals surface area contributed by atoms with Crippen molar-refractivity contribution in [1.82, 2.24) is 29.3 Å². The minimum Gasteiger partial charge on any atom is -0.480 e. The number of aliphatic carboxylic acids is 1. The lowest BCUT2D eigenvalue weighted by molar-refractivity contribution is -0.138. The first-order valence-electron chi connectivity index (χ1n) is 14.4. The maximum absolute atomic E-state index is 13.2. The van der Waals surface area contributed by atoms with E-state index < -0.39 is 34.7 Å². The highest BCUT2D eigenvalue weighted by molar-refractivity contribution is 7.89. The molecule has 0 radical (unpaired) electrons. The molecule has 2 aromatic carbocycles. The number of aromatic nitrogens is 3. The Morgan fingerprint density at radius 3 is 2.26 bits per heavy atom. The molecule has 1 heterocycles. The van der Waals surface area contributed by atoms with Gasteiger partial charge in [-0.25, -0.2) is 27.6 Å². The van der Waals surface area contributed by atoms with Crippen LogP contribution in [-0.2, 0) is 45.7 Å². The molecule has 234 valence electrons. The van der Waals surface area contributed by atoms with Gasteiger partial charge in [-0.3, -0.25) is 4.79 Å². The quantitative estimate of drug-likeness (QED) is 0.220. The molecule has 1 atom stereocenters. The van der Waals surface area contributed by atoms with E-state index in [1.54, 1.807) is 0 Å². The number of rotatable bonds is 18. The van der Waals surface area contributed by atoms with E-state index in [9.17, 15) is 23.1 Å². The van der Waals surface area contributed by atoms with Crippen LogP contribution in [0.15, 0.2) is 60.7 Å². The number of carbonyl (C=O) groups excluding carboxylic acids is 1. The molecule has 0 fully saturated rings. The van der Waals surface area contributed by atoms with E-state index in [4.69, 9.17) is 4.74 Å². The summed E-state index contributed by atoms with van der Waals surface area (Å²) >= 11 is 0. The first-order chi connectivity index (χ1) is 20.6. The zero-order chi connectivity index (χ0) is 31.2. The maximum Gasteiger partial charge on any atom is 0.410 e. The molecule has 12 nitrogen and oxygen atoms in total. The van der Waals surface area contributed by atoms with Crippen molar-refractivity contribution in [2.24, 2.45) is 0 Å². The van der Waals surface area contributed by atoms with Gasteiger partial charge in [0.2, 0.25) is 10.0 Å². The standard InChI is InChI=1S/C30H42N6O6S/c1-4-35(5-2)19-12-20-43(40,41)33-26(18-17-24-13-8-6-9-14-24)29-31-27(36(32-29)22-28(37)38)21-34(3)30(39)42-23-25-15-10-7-11-16-25/h6-11,13-16,26,33H,4-5,12,17-23H2,1-3H3,(H,37,38)/t26-/m1/s1. The second-order valence-electron chi connectivity index (χ2n) is 10.2. The summed E-state index contributed by atoms with van der Waals surface area (Å²) in [5.74, 6) is -0.873. The molecule has 3 rings (SSSR count). The molecule has 1 amide bonds. The smallest absolute Gasteiger partial charge is 0.410 e. The van der Waals surface area contributed by atoms with Gasteiger partial charge in [0.15, 0.2) is 5.82 Å². The van der Waals surface area contributed by atoms with Crippen LogP contribution in [0.25, 0.3) is 0 Å². The average Bonchev–Trinajstić information content (AvgIpc) is 3.38. The Bertz CT molecular complexity index is 1400. The lowest BCUT2D eigenvalue weighted by atomic mass is 10.1. The summed E-state index contributed by atoms with van der Waals surface area (Å²) in [7, 11) is -2.20. The molecule has 1 aromatic heterocycles. The summed E-state index contributed by atoms with van der Waals surface area (Å²) in [6.45, 7) is 5.89. The minimum atomic E-state index is -3.71. The molecule has 3 aromatic rings. The SMILES string of the molecule is CCN(CC)CCCS(=O)(=O)N[C@H](CCc1ccccc1)c1nc(CN(C)C(=O)OCc2ccccc2)n(CC(=O)O)n1. The molecule has 0 saturated carbocycles. The second-order valence-corrected chi connectivity index (χ2v) is 12.1. The molecule has 2 N–H and O–H groups in total. The first-order valence-corrected chi connectivity index (χ1v) is 16.1. The lowest BCUT2D eigenvalue weighted by Gasteiger charge is -2.19. The third kappa shape index (κ3) is 11.4. The normalized spacial score (nSPS) is 12.3. The summed E-state index contributed by atoms with van der Waals surface area (Å²) in [6, 6.07) is 18.0. The molecule has 0 unspecified atom stereocenters. The van der Waals surface area contributed by atoms with Gasteiger partial charge in [-0.15, -0.1) is 0 Å². The topological polar surface area (TPSA) is 147 Å². The molecule has 0 bridgehead atoms. The van der Waals surface area contributed by atoms with E-state index in [2.05, 4.69) is 19.7 Å². The summed E-state index contributed by atoms with van der Waals surface area (Å²) in [6.07, 6.45) is 0.738. The van der Waals surface area contributed by atoms with Crippen LogP contribution in [0.2, 0.25) is 0 Å². The van der Waals surface area contributed by atoms with Crippen LogP contribution in [0.1, 0.15) is 55.5 Å². The van der Waals surface area contributed by atoms with E-state index in [-0.39, 0.29) is 30.6 Å². The number of benzene rings is 2. The fraction of sp³-hybridized carbons (Fsp3) is 0.467. The van der Waals surface area contributed by atoms with Gasteiger partial charge in [-0.2, -0.15) is 5.10 Å². The Hall–Kier alpha value is -3.81. The van der Waals surface area contributed by atoms with Gasteiger partial charge in [0, 0.05) is 7.05 Å². The Morgan fingerprint density at radius 2 is 1.65 bits per heavy atom. The van der Waals surface area contributed by atoms with Crippen molar-refractivity contribution in [3.05, 3.63) is 83.4 Å². The Balaban J connectivity index is 1.79. The number of sulfonamides is 1. The van der Waals surface area contributed by atoms with E-state index in [0.29, 0.717) is 25.8 Å². The molecule has 43 heavy (non-hydrogen) atoms. The van der Waals surface area contributed by atoms with Crippen LogP contribution >= 0.6 is 0 Å². The number of nitrogens with zero attached hydrogens (tertiary/aromatic N) is 5. The van der Waals surface area contributed by atoms with Gasteiger partial charge in [0.1, 0.15) is 19.0 Å². The van der Waals surface area contributed by atoms with Crippen LogP contribution in [-0.4, -0.2) is 82.6 Å². The zero-order valence-electron chi connectivity index (χ0n) is 25.1. The molecule has 0 spiro atoms. The van der Waals surface area contributed by atoms with Crippen molar-refractivity contribution >= 4 is 22.1 Å². The number of hydrogen-bond acceptors (Lipinski definition) is 8. The number of hydrogen-bond donors (Lipinski definition) is 2. The summed E-state index contributed by atoms with van der Waals surface area (Å²) in [5, 5.41) is 13.9.